The highest BCUT2D eigenvalue weighted by Crippen LogP contribution is 2.34. The van der Waals surface area contributed by atoms with Crippen LogP contribution in [0.5, 0.6) is 0 Å². The van der Waals surface area contributed by atoms with Gasteiger partial charge in [-0.2, -0.15) is 0 Å². The zero-order valence-electron chi connectivity index (χ0n) is 17.3. The molecule has 0 aliphatic carbocycles. The Bertz CT molecular complexity index is 866. The lowest BCUT2D eigenvalue weighted by Crippen LogP contribution is -2.49. The number of nitrogens with zero attached hydrogens (tertiary/aromatic N) is 3. The van der Waals surface area contributed by atoms with E-state index in [1.54, 1.807) is 11.8 Å². The number of rotatable bonds is 6. The monoisotopic (exact) mass is 423 g/mol. The van der Waals surface area contributed by atoms with Crippen LogP contribution < -0.4 is 4.90 Å². The third-order valence-corrected chi connectivity index (χ3v) is 6.91. The lowest BCUT2D eigenvalue weighted by atomic mass is 10.1. The summed E-state index contributed by atoms with van der Waals surface area (Å²) in [7, 11) is 0. The summed E-state index contributed by atoms with van der Waals surface area (Å²) >= 11 is 1.79. The van der Waals surface area contributed by atoms with Gasteiger partial charge >= 0.3 is 0 Å². The standard InChI is InChI=1S/C24H29N3O2S/c28-23(10-11-24(29)27-18-19-30-22-9-5-4-8-21(22)27)26-16-14-25(15-17-26)13-12-20-6-2-1-3-7-20/h1-9H,10-19H2. The molecule has 0 spiro atoms. The zero-order valence-corrected chi connectivity index (χ0v) is 18.2. The lowest BCUT2D eigenvalue weighted by Gasteiger charge is -2.35. The Labute approximate surface area is 183 Å². The molecule has 2 aromatic carbocycles. The van der Waals surface area contributed by atoms with Crippen molar-refractivity contribution in [3.63, 3.8) is 0 Å². The highest BCUT2D eigenvalue weighted by molar-refractivity contribution is 7.99. The van der Waals surface area contributed by atoms with Gasteiger partial charge in [-0.05, 0) is 24.1 Å². The highest BCUT2D eigenvalue weighted by atomic mass is 32.2. The molecule has 0 saturated carbocycles. The Morgan fingerprint density at radius 3 is 2.30 bits per heavy atom. The van der Waals surface area contributed by atoms with Gasteiger partial charge in [-0.1, -0.05) is 42.5 Å². The number of anilines is 1. The van der Waals surface area contributed by atoms with Gasteiger partial charge in [0.05, 0.1) is 5.69 Å². The van der Waals surface area contributed by atoms with Gasteiger partial charge in [-0.3, -0.25) is 14.5 Å². The molecule has 2 amide bonds. The maximum Gasteiger partial charge on any atom is 0.227 e. The number of piperazine rings is 1. The van der Waals surface area contributed by atoms with Crippen molar-refractivity contribution in [1.82, 2.24) is 9.80 Å². The summed E-state index contributed by atoms with van der Waals surface area (Å²) in [4.78, 5) is 32.7. The quantitative estimate of drug-likeness (QED) is 0.715. The van der Waals surface area contributed by atoms with Crippen molar-refractivity contribution >= 4 is 29.3 Å². The summed E-state index contributed by atoms with van der Waals surface area (Å²) in [6, 6.07) is 18.5. The average molecular weight is 424 g/mol. The first-order chi connectivity index (χ1) is 14.7. The van der Waals surface area contributed by atoms with Gasteiger partial charge in [0.25, 0.3) is 0 Å². The second kappa shape index (κ2) is 10.1. The number of thioether (sulfide) groups is 1. The molecule has 30 heavy (non-hydrogen) atoms. The highest BCUT2D eigenvalue weighted by Gasteiger charge is 2.25. The fourth-order valence-corrected chi connectivity index (χ4v) is 5.08. The number of fused-ring (bicyclic) bond motifs is 1. The van der Waals surface area contributed by atoms with Crippen LogP contribution in [0.4, 0.5) is 5.69 Å². The topological polar surface area (TPSA) is 43.9 Å². The van der Waals surface area contributed by atoms with E-state index >= 15 is 0 Å². The van der Waals surface area contributed by atoms with Gasteiger partial charge in [0, 0.05) is 62.8 Å². The normalized spacial score (nSPS) is 16.9. The molecule has 0 aromatic heterocycles. The number of benzene rings is 2. The van der Waals surface area contributed by atoms with Gasteiger partial charge in [-0.25, -0.2) is 0 Å². The molecule has 0 radical (unpaired) electrons. The van der Waals surface area contributed by atoms with Gasteiger partial charge in [0.2, 0.25) is 11.8 Å². The van der Waals surface area contributed by atoms with Crippen molar-refractivity contribution in [1.29, 1.82) is 0 Å². The van der Waals surface area contributed by atoms with Crippen molar-refractivity contribution in [2.24, 2.45) is 0 Å². The predicted molar refractivity (Wildman–Crippen MR) is 122 cm³/mol. The summed E-state index contributed by atoms with van der Waals surface area (Å²) in [6.07, 6.45) is 1.62. The Hall–Kier alpha value is -2.31. The van der Waals surface area contributed by atoms with Crippen molar-refractivity contribution < 1.29 is 9.59 Å². The fourth-order valence-electron chi connectivity index (χ4n) is 4.09. The van der Waals surface area contributed by atoms with Crippen LogP contribution in [0.15, 0.2) is 59.5 Å². The Kier molecular flexibility index (Phi) is 7.07. The number of amides is 2. The van der Waals surface area contributed by atoms with E-state index in [0.717, 1.165) is 62.0 Å². The Balaban J connectivity index is 1.20. The van der Waals surface area contributed by atoms with Crippen LogP contribution >= 0.6 is 11.8 Å². The molecule has 1 saturated heterocycles. The van der Waals surface area contributed by atoms with E-state index in [4.69, 9.17) is 0 Å². The third kappa shape index (κ3) is 5.24. The summed E-state index contributed by atoms with van der Waals surface area (Å²) in [6.45, 7) is 5.06. The molecule has 2 aliphatic rings. The number of carbonyl (C=O) groups is 2. The second-order valence-electron chi connectivity index (χ2n) is 7.82. The molecule has 2 aliphatic heterocycles. The molecule has 0 N–H and O–H groups in total. The SMILES string of the molecule is O=C(CCC(=O)N1CCSc2ccccc21)N1CCN(CCc2ccccc2)CC1. The first-order valence-corrected chi connectivity index (χ1v) is 11.8. The van der Waals surface area contributed by atoms with Crippen LogP contribution in [0.2, 0.25) is 0 Å². The van der Waals surface area contributed by atoms with Crippen LogP contribution in [0.3, 0.4) is 0 Å². The lowest BCUT2D eigenvalue weighted by molar-refractivity contribution is -0.134. The van der Waals surface area contributed by atoms with E-state index in [1.165, 1.54) is 5.56 Å². The van der Waals surface area contributed by atoms with Gasteiger partial charge in [-0.15, -0.1) is 11.8 Å². The molecule has 0 atom stereocenters. The smallest absolute Gasteiger partial charge is 0.227 e. The van der Waals surface area contributed by atoms with Gasteiger partial charge < -0.3 is 9.80 Å². The summed E-state index contributed by atoms with van der Waals surface area (Å²) in [5.41, 5.74) is 2.34. The Morgan fingerprint density at radius 2 is 1.50 bits per heavy atom. The van der Waals surface area contributed by atoms with Crippen LogP contribution in [-0.2, 0) is 16.0 Å². The number of para-hydroxylation sites is 1. The minimum absolute atomic E-state index is 0.0533. The van der Waals surface area contributed by atoms with Crippen molar-refractivity contribution in [3.8, 4) is 0 Å². The first-order valence-electron chi connectivity index (χ1n) is 10.8. The maximum atomic E-state index is 12.8. The number of hydrogen-bond donors (Lipinski definition) is 0. The minimum Gasteiger partial charge on any atom is -0.340 e. The molecule has 2 aromatic rings. The van der Waals surface area contributed by atoms with E-state index in [0.29, 0.717) is 6.42 Å². The van der Waals surface area contributed by atoms with E-state index in [-0.39, 0.29) is 18.2 Å². The molecule has 6 heteroatoms. The molecule has 4 rings (SSSR count). The average Bonchev–Trinajstić information content (AvgIpc) is 2.81. The number of hydrogen-bond acceptors (Lipinski definition) is 4. The molecular weight excluding hydrogens is 394 g/mol. The van der Waals surface area contributed by atoms with Crippen LogP contribution in [-0.4, -0.2) is 66.6 Å². The minimum atomic E-state index is 0.0533. The fraction of sp³-hybridized carbons (Fsp3) is 0.417. The molecular formula is C24H29N3O2S. The summed E-state index contributed by atoms with van der Waals surface area (Å²) in [5.74, 6) is 1.06. The van der Waals surface area contributed by atoms with Crippen molar-refractivity contribution in [2.45, 2.75) is 24.2 Å². The van der Waals surface area contributed by atoms with E-state index in [9.17, 15) is 9.59 Å². The zero-order chi connectivity index (χ0) is 20.8. The predicted octanol–water partition coefficient (Wildman–Crippen LogP) is 3.29. The molecule has 2 heterocycles. The first kappa shape index (κ1) is 20.9. The third-order valence-electron chi connectivity index (χ3n) is 5.87. The van der Waals surface area contributed by atoms with E-state index in [1.807, 2.05) is 34.1 Å². The molecule has 5 nitrogen and oxygen atoms in total. The Morgan fingerprint density at radius 1 is 0.800 bits per heavy atom. The number of carbonyl (C=O) groups excluding carboxylic acids is 2. The van der Waals surface area contributed by atoms with Crippen LogP contribution in [0.1, 0.15) is 18.4 Å². The van der Waals surface area contributed by atoms with Gasteiger partial charge in [0.15, 0.2) is 0 Å². The van der Waals surface area contributed by atoms with Gasteiger partial charge in [0.1, 0.15) is 0 Å². The second-order valence-corrected chi connectivity index (χ2v) is 8.96. The van der Waals surface area contributed by atoms with Crippen molar-refractivity contribution in [3.05, 3.63) is 60.2 Å². The largest absolute Gasteiger partial charge is 0.340 e. The van der Waals surface area contributed by atoms with E-state index in [2.05, 4.69) is 35.2 Å². The molecule has 158 valence electrons. The van der Waals surface area contributed by atoms with Crippen molar-refractivity contribution in [2.75, 3.05) is 49.9 Å². The maximum absolute atomic E-state index is 12.8. The van der Waals surface area contributed by atoms with E-state index < -0.39 is 0 Å². The molecule has 0 unspecified atom stereocenters. The summed E-state index contributed by atoms with van der Waals surface area (Å²) in [5, 5.41) is 0. The van der Waals surface area contributed by atoms with Crippen LogP contribution in [0.25, 0.3) is 0 Å². The van der Waals surface area contributed by atoms with Crippen LogP contribution in [0, 0.1) is 0 Å². The molecule has 1 fully saturated rings. The summed E-state index contributed by atoms with van der Waals surface area (Å²) < 4.78 is 0. The molecule has 0 bridgehead atoms.